The molecule has 132 valence electrons. The van der Waals surface area contributed by atoms with Gasteiger partial charge in [0, 0.05) is 20.2 Å². The molecule has 0 radical (unpaired) electrons. The molecule has 1 heterocycles. The van der Waals surface area contributed by atoms with Crippen LogP contribution in [0, 0.1) is 0 Å². The van der Waals surface area contributed by atoms with Gasteiger partial charge in [-0.25, -0.2) is 0 Å². The van der Waals surface area contributed by atoms with Crippen LogP contribution in [0.1, 0.15) is 28.7 Å². The molecule has 7 rings (SSSR count). The molecule has 28 heavy (non-hydrogen) atoms. The molecule has 2 aliphatic carbocycles. The lowest BCUT2D eigenvalue weighted by Gasteiger charge is -2.17. The fourth-order valence-electron chi connectivity index (χ4n) is 5.29. The Kier molecular flexibility index (Phi) is 2.87. The van der Waals surface area contributed by atoms with E-state index in [4.69, 9.17) is 0 Å². The summed E-state index contributed by atoms with van der Waals surface area (Å²) in [6, 6.07) is 22.8. The lowest BCUT2D eigenvalue weighted by molar-refractivity contribution is 1.00. The molecule has 0 unspecified atom stereocenters. The highest BCUT2D eigenvalue weighted by molar-refractivity contribution is 7.26. The molecule has 4 aromatic carbocycles. The zero-order valence-corrected chi connectivity index (χ0v) is 16.3. The number of fused-ring (bicyclic) bond motifs is 11. The summed E-state index contributed by atoms with van der Waals surface area (Å²) in [6.45, 7) is 0. The number of benzene rings is 4. The first-order chi connectivity index (χ1) is 13.9. The average Bonchev–Trinajstić information content (AvgIpc) is 3.31. The van der Waals surface area contributed by atoms with E-state index < -0.39 is 0 Å². The van der Waals surface area contributed by atoms with Gasteiger partial charge in [-0.05, 0) is 81.6 Å². The Morgan fingerprint density at radius 3 is 2.64 bits per heavy atom. The van der Waals surface area contributed by atoms with Crippen molar-refractivity contribution in [2.24, 2.45) is 0 Å². The van der Waals surface area contributed by atoms with Crippen molar-refractivity contribution in [1.29, 1.82) is 0 Å². The second kappa shape index (κ2) is 5.33. The van der Waals surface area contributed by atoms with E-state index in [0.717, 1.165) is 19.3 Å². The number of thiophene rings is 1. The van der Waals surface area contributed by atoms with Crippen LogP contribution in [0.2, 0.25) is 0 Å². The van der Waals surface area contributed by atoms with Gasteiger partial charge in [-0.3, -0.25) is 0 Å². The van der Waals surface area contributed by atoms with Gasteiger partial charge >= 0.3 is 0 Å². The molecule has 0 fully saturated rings. The van der Waals surface area contributed by atoms with Crippen molar-refractivity contribution in [3.63, 3.8) is 0 Å². The standard InChI is InChI=1S/C27H18S/c1-2-8-18-16(7-1)13-17-14-23-19-9-3-4-10-20(19)27-26(24(23)15-22(17)18)21-11-5-6-12-25(21)28-27/h1-3,5-9,11-12,14-15H,4,10,13H2. The summed E-state index contributed by atoms with van der Waals surface area (Å²) in [7, 11) is 0. The summed E-state index contributed by atoms with van der Waals surface area (Å²) in [4.78, 5) is 0. The smallest absolute Gasteiger partial charge is 0.0399 e. The Bertz CT molecular complexity index is 1480. The predicted octanol–water partition coefficient (Wildman–Crippen LogP) is 7.74. The Labute approximate surface area is 167 Å². The zero-order valence-electron chi connectivity index (χ0n) is 15.5. The molecule has 0 nitrogen and oxygen atoms in total. The summed E-state index contributed by atoms with van der Waals surface area (Å²) < 4.78 is 2.90. The first kappa shape index (κ1) is 15.1. The topological polar surface area (TPSA) is 0 Å². The molecule has 0 saturated carbocycles. The quantitative estimate of drug-likeness (QED) is 0.255. The lowest BCUT2D eigenvalue weighted by Crippen LogP contribution is -1.97. The zero-order chi connectivity index (χ0) is 18.2. The second-order valence-electron chi connectivity index (χ2n) is 8.02. The minimum absolute atomic E-state index is 1.06. The van der Waals surface area contributed by atoms with Crippen molar-refractivity contribution in [2.45, 2.75) is 19.3 Å². The maximum atomic E-state index is 2.49. The summed E-state index contributed by atoms with van der Waals surface area (Å²) in [6.07, 6.45) is 8.09. The van der Waals surface area contributed by atoms with Gasteiger partial charge in [-0.2, -0.15) is 0 Å². The van der Waals surface area contributed by atoms with Crippen LogP contribution in [0.4, 0.5) is 0 Å². The van der Waals surface area contributed by atoms with Crippen molar-refractivity contribution in [3.05, 3.63) is 89.0 Å². The van der Waals surface area contributed by atoms with Gasteiger partial charge in [-0.15, -0.1) is 11.3 Å². The summed E-state index contributed by atoms with van der Waals surface area (Å²) in [5, 5.41) is 5.75. The molecule has 2 aliphatic rings. The highest BCUT2D eigenvalue weighted by atomic mass is 32.1. The first-order valence-corrected chi connectivity index (χ1v) is 10.9. The number of rotatable bonds is 0. The molecule has 0 bridgehead atoms. The van der Waals surface area contributed by atoms with Crippen LogP contribution in [-0.4, -0.2) is 0 Å². The predicted molar refractivity (Wildman–Crippen MR) is 122 cm³/mol. The fraction of sp³-hybridized carbons (Fsp3) is 0.111. The number of allylic oxidation sites excluding steroid dienone is 1. The van der Waals surface area contributed by atoms with Gasteiger partial charge in [0.1, 0.15) is 0 Å². The fourth-order valence-corrected chi connectivity index (χ4v) is 6.60. The van der Waals surface area contributed by atoms with Gasteiger partial charge < -0.3 is 0 Å². The van der Waals surface area contributed by atoms with Gasteiger partial charge in [0.15, 0.2) is 0 Å². The normalized spacial score (nSPS) is 14.6. The third kappa shape index (κ3) is 1.85. The molecule has 0 aliphatic heterocycles. The SMILES string of the molecule is C1=Cc2c(c3sc4ccccc4c3c3cc4c(cc23)Cc2ccccc2-4)CC1. The van der Waals surface area contributed by atoms with Gasteiger partial charge in [0.2, 0.25) is 0 Å². The molecular weight excluding hydrogens is 356 g/mol. The molecule has 1 heteroatoms. The Balaban J connectivity index is 1.72. The minimum atomic E-state index is 1.06. The van der Waals surface area contributed by atoms with Crippen molar-refractivity contribution < 1.29 is 0 Å². The van der Waals surface area contributed by atoms with E-state index in [0.29, 0.717) is 0 Å². The molecule has 0 spiro atoms. The maximum absolute atomic E-state index is 2.49. The third-order valence-corrected chi connectivity index (χ3v) is 7.76. The van der Waals surface area contributed by atoms with Crippen molar-refractivity contribution >= 4 is 48.4 Å². The minimum Gasteiger partial charge on any atom is -0.135 e. The second-order valence-corrected chi connectivity index (χ2v) is 9.08. The molecule has 0 atom stereocenters. The van der Waals surface area contributed by atoms with Crippen molar-refractivity contribution in [3.8, 4) is 11.1 Å². The van der Waals surface area contributed by atoms with E-state index in [1.807, 2.05) is 11.3 Å². The highest BCUT2D eigenvalue weighted by Gasteiger charge is 2.23. The van der Waals surface area contributed by atoms with Crippen LogP contribution in [0.25, 0.3) is 48.1 Å². The van der Waals surface area contributed by atoms with Crippen LogP contribution in [0.3, 0.4) is 0 Å². The van der Waals surface area contributed by atoms with Crippen molar-refractivity contribution in [2.75, 3.05) is 0 Å². The third-order valence-electron chi connectivity index (χ3n) is 6.53. The van der Waals surface area contributed by atoms with Gasteiger partial charge in [0.25, 0.3) is 0 Å². The van der Waals surface area contributed by atoms with Crippen LogP contribution >= 0.6 is 11.3 Å². The van der Waals surface area contributed by atoms with Crippen LogP contribution in [0.5, 0.6) is 0 Å². The molecule has 0 N–H and O–H groups in total. The number of hydrogen-bond acceptors (Lipinski definition) is 1. The van der Waals surface area contributed by atoms with E-state index >= 15 is 0 Å². The average molecular weight is 375 g/mol. The number of hydrogen-bond donors (Lipinski definition) is 0. The molecule has 1 aromatic heterocycles. The molecule has 0 amide bonds. The monoisotopic (exact) mass is 374 g/mol. The van der Waals surface area contributed by atoms with Crippen molar-refractivity contribution in [1.82, 2.24) is 0 Å². The van der Waals surface area contributed by atoms with E-state index in [1.54, 1.807) is 5.56 Å². The lowest BCUT2D eigenvalue weighted by atomic mass is 9.87. The molecule has 5 aromatic rings. The Morgan fingerprint density at radius 1 is 0.750 bits per heavy atom. The number of aryl methyl sites for hydroxylation is 1. The summed E-state index contributed by atoms with van der Waals surface area (Å²) >= 11 is 1.98. The Morgan fingerprint density at radius 2 is 1.64 bits per heavy atom. The van der Waals surface area contributed by atoms with E-state index in [9.17, 15) is 0 Å². The molecular formula is C27H18S. The maximum Gasteiger partial charge on any atom is 0.0399 e. The Hall–Kier alpha value is -2.90. The van der Waals surface area contributed by atoms with Crippen LogP contribution in [0.15, 0.2) is 66.7 Å². The summed E-state index contributed by atoms with van der Waals surface area (Å²) in [5.74, 6) is 0. The summed E-state index contributed by atoms with van der Waals surface area (Å²) in [5.41, 5.74) is 8.80. The van der Waals surface area contributed by atoms with Crippen LogP contribution < -0.4 is 0 Å². The van der Waals surface area contributed by atoms with Gasteiger partial charge in [-0.1, -0.05) is 54.6 Å². The van der Waals surface area contributed by atoms with E-state index in [2.05, 4.69) is 72.8 Å². The van der Waals surface area contributed by atoms with Gasteiger partial charge in [0.05, 0.1) is 0 Å². The van der Waals surface area contributed by atoms with E-state index in [-0.39, 0.29) is 0 Å². The van der Waals surface area contributed by atoms with Crippen LogP contribution in [-0.2, 0) is 12.8 Å². The largest absolute Gasteiger partial charge is 0.135 e. The first-order valence-electron chi connectivity index (χ1n) is 10.1. The van der Waals surface area contributed by atoms with E-state index in [1.165, 1.54) is 58.8 Å². The molecule has 0 saturated heterocycles. The highest BCUT2D eigenvalue weighted by Crippen LogP contribution is 2.47.